The number of amides is 3. The second-order valence-electron chi connectivity index (χ2n) is 12.1. The highest BCUT2D eigenvalue weighted by Crippen LogP contribution is 2.32. The van der Waals surface area contributed by atoms with Crippen molar-refractivity contribution >= 4 is 17.8 Å². The normalized spacial score (nSPS) is 22.8. The molecule has 2 aromatic rings. The topological polar surface area (TPSA) is 90.7 Å². The molecule has 2 atom stereocenters. The smallest absolute Gasteiger partial charge is 0.324 e. The molecule has 2 aliphatic heterocycles. The third-order valence-corrected chi connectivity index (χ3v) is 8.84. The Labute approximate surface area is 232 Å². The number of hydrogen-bond donors (Lipinski definition) is 0. The van der Waals surface area contributed by atoms with Gasteiger partial charge in [-0.25, -0.2) is 4.79 Å². The third kappa shape index (κ3) is 5.80. The molecule has 208 valence electrons. The summed E-state index contributed by atoms with van der Waals surface area (Å²) in [6, 6.07) is 18.0. The van der Waals surface area contributed by atoms with E-state index in [2.05, 4.69) is 29.2 Å². The Balaban J connectivity index is 1.32. The third-order valence-electron chi connectivity index (χ3n) is 8.84. The van der Waals surface area contributed by atoms with Crippen LogP contribution in [0.25, 0.3) is 0 Å². The average Bonchev–Trinajstić information content (AvgIpc) is 2.92. The molecule has 8 nitrogen and oxygen atoms in total. The van der Waals surface area contributed by atoms with E-state index in [-0.39, 0.29) is 16.6 Å². The number of quaternary nitrogens is 1. The van der Waals surface area contributed by atoms with Crippen LogP contribution < -0.4 is 10.0 Å². The van der Waals surface area contributed by atoms with Gasteiger partial charge in [-0.05, 0) is 81.8 Å². The zero-order valence-electron chi connectivity index (χ0n) is 23.9. The first-order valence-corrected chi connectivity index (χ1v) is 13.9. The summed E-state index contributed by atoms with van der Waals surface area (Å²) in [5, 5.41) is 21.4. The number of urea groups is 1. The van der Waals surface area contributed by atoms with E-state index in [1.54, 1.807) is 4.90 Å². The molecule has 39 heavy (non-hydrogen) atoms. The number of nitrogens with zero attached hydrogens (tertiary/aromatic N) is 5. The minimum absolute atomic E-state index is 0.00426. The van der Waals surface area contributed by atoms with Gasteiger partial charge in [0, 0.05) is 38.9 Å². The van der Waals surface area contributed by atoms with Crippen LogP contribution in [-0.2, 0) is 6.54 Å². The molecule has 0 N–H and O–H groups in total. The molecule has 0 radical (unpaired) electrons. The zero-order valence-corrected chi connectivity index (χ0v) is 23.9. The highest BCUT2D eigenvalue weighted by Gasteiger charge is 2.49. The summed E-state index contributed by atoms with van der Waals surface area (Å²) in [5.41, 5.74) is 3.41. The SMILES string of the molecule is C[C@H]1CN(Cc2ccc(N(C)C(=O)N3CCC(c4cccc(C#N)c4)CC3)cc2)CC[N+]1(C(=O)[O-])C(C)(C)C. The molecule has 3 amide bonds. The predicted octanol–water partition coefficient (Wildman–Crippen LogP) is 4.16. The molecule has 0 saturated carbocycles. The summed E-state index contributed by atoms with van der Waals surface area (Å²) >= 11 is 0. The van der Waals surface area contributed by atoms with Crippen LogP contribution in [0.1, 0.15) is 63.1 Å². The zero-order chi connectivity index (χ0) is 28.4. The number of rotatable bonds is 4. The summed E-state index contributed by atoms with van der Waals surface area (Å²) in [5.74, 6) is 0.364. The van der Waals surface area contributed by atoms with Gasteiger partial charge in [0.1, 0.15) is 6.04 Å². The first kappa shape index (κ1) is 28.6. The van der Waals surface area contributed by atoms with E-state index in [9.17, 15) is 20.0 Å². The van der Waals surface area contributed by atoms with Gasteiger partial charge in [-0.15, -0.1) is 0 Å². The van der Waals surface area contributed by atoms with Crippen LogP contribution in [0, 0.1) is 11.3 Å². The highest BCUT2D eigenvalue weighted by atomic mass is 16.4. The summed E-state index contributed by atoms with van der Waals surface area (Å²) < 4.78 is -0.0289. The quantitative estimate of drug-likeness (QED) is 0.553. The van der Waals surface area contributed by atoms with Crippen LogP contribution in [0.3, 0.4) is 0 Å². The number of piperazine rings is 1. The van der Waals surface area contributed by atoms with Crippen molar-refractivity contribution in [3.63, 3.8) is 0 Å². The maximum atomic E-state index is 13.2. The van der Waals surface area contributed by atoms with Crippen molar-refractivity contribution in [2.45, 2.75) is 64.6 Å². The Bertz CT molecular complexity index is 1220. The van der Waals surface area contributed by atoms with Crippen molar-refractivity contribution in [3.8, 4) is 6.07 Å². The van der Waals surface area contributed by atoms with Gasteiger partial charge in [-0.3, -0.25) is 14.3 Å². The van der Waals surface area contributed by atoms with Crippen molar-refractivity contribution in [3.05, 3.63) is 65.2 Å². The van der Waals surface area contributed by atoms with E-state index >= 15 is 0 Å². The van der Waals surface area contributed by atoms with E-state index < -0.39 is 11.6 Å². The number of anilines is 1. The molecule has 0 aliphatic carbocycles. The fraction of sp³-hybridized carbons (Fsp3) is 0.516. The fourth-order valence-electron chi connectivity index (χ4n) is 6.48. The standard InChI is InChI=1S/C31H41N5O3/c1-23-21-34(17-18-36(23,30(38)39)31(2,3)4)22-24-9-11-28(12-10-24)33(5)29(37)35-15-13-26(14-16-35)27-8-6-7-25(19-27)20-32/h6-12,19,23,26H,13-18,21-22H2,1-5H3/t23-,36?/m0/s1. The lowest BCUT2D eigenvalue weighted by Crippen LogP contribution is -2.76. The van der Waals surface area contributed by atoms with Gasteiger partial charge < -0.3 is 14.8 Å². The Morgan fingerprint density at radius 1 is 1.10 bits per heavy atom. The Kier molecular flexibility index (Phi) is 8.34. The number of benzene rings is 2. The largest absolute Gasteiger partial charge is 0.498 e. The molecule has 8 heteroatoms. The van der Waals surface area contributed by atoms with Gasteiger partial charge in [0.05, 0.1) is 30.3 Å². The number of carbonyl (C=O) groups is 2. The van der Waals surface area contributed by atoms with Crippen LogP contribution in [0.15, 0.2) is 48.5 Å². The van der Waals surface area contributed by atoms with E-state index in [0.717, 1.165) is 30.6 Å². The van der Waals surface area contributed by atoms with Crippen molar-refractivity contribution in [1.29, 1.82) is 5.26 Å². The minimum Gasteiger partial charge on any atom is -0.498 e. The molecular formula is C31H41N5O3. The van der Waals surface area contributed by atoms with Gasteiger partial charge in [-0.1, -0.05) is 24.3 Å². The lowest BCUT2D eigenvalue weighted by Gasteiger charge is -2.55. The number of likely N-dealkylation sites (tertiary alicyclic amines) is 1. The number of hydrogen-bond acceptors (Lipinski definition) is 5. The minimum atomic E-state index is -0.996. The molecule has 0 bridgehead atoms. The highest BCUT2D eigenvalue weighted by molar-refractivity contribution is 5.91. The molecule has 0 spiro atoms. The van der Waals surface area contributed by atoms with E-state index in [4.69, 9.17) is 0 Å². The van der Waals surface area contributed by atoms with Crippen molar-refractivity contribution in [2.24, 2.45) is 0 Å². The molecule has 0 aromatic heterocycles. The van der Waals surface area contributed by atoms with Gasteiger partial charge in [0.25, 0.3) is 6.09 Å². The lowest BCUT2D eigenvalue weighted by molar-refractivity contribution is -0.943. The summed E-state index contributed by atoms with van der Waals surface area (Å²) in [6.07, 6.45) is 0.771. The first-order valence-electron chi connectivity index (χ1n) is 13.9. The molecule has 2 heterocycles. The number of carboxylic acid groups (broad SMARTS) is 1. The Morgan fingerprint density at radius 2 is 1.77 bits per heavy atom. The predicted molar refractivity (Wildman–Crippen MR) is 150 cm³/mol. The molecule has 2 fully saturated rings. The van der Waals surface area contributed by atoms with Gasteiger partial charge in [0.2, 0.25) is 0 Å². The molecule has 2 saturated heterocycles. The van der Waals surface area contributed by atoms with Crippen molar-refractivity contribution in [2.75, 3.05) is 44.7 Å². The van der Waals surface area contributed by atoms with E-state index in [0.29, 0.717) is 44.2 Å². The molecule has 4 rings (SSSR count). The molecular weight excluding hydrogens is 490 g/mol. The van der Waals surface area contributed by atoms with Crippen LogP contribution in [0.5, 0.6) is 0 Å². The summed E-state index contributed by atoms with van der Waals surface area (Å²) in [4.78, 5) is 31.3. The Hall–Kier alpha value is -3.41. The van der Waals surface area contributed by atoms with Gasteiger partial charge in [-0.2, -0.15) is 5.26 Å². The average molecular weight is 532 g/mol. The maximum absolute atomic E-state index is 13.2. The molecule has 2 aliphatic rings. The van der Waals surface area contributed by atoms with Crippen LogP contribution in [0.4, 0.5) is 15.3 Å². The fourth-order valence-corrected chi connectivity index (χ4v) is 6.48. The Morgan fingerprint density at radius 3 is 2.33 bits per heavy atom. The van der Waals surface area contributed by atoms with Crippen molar-refractivity contribution in [1.82, 2.24) is 9.80 Å². The van der Waals surface area contributed by atoms with Crippen molar-refractivity contribution < 1.29 is 19.2 Å². The molecule has 2 aromatic carbocycles. The summed E-state index contributed by atoms with van der Waals surface area (Å²) in [6.45, 7) is 11.9. The second-order valence-corrected chi connectivity index (χ2v) is 12.1. The summed E-state index contributed by atoms with van der Waals surface area (Å²) in [7, 11) is 1.82. The van der Waals surface area contributed by atoms with Crippen LogP contribution in [-0.4, -0.2) is 77.8 Å². The van der Waals surface area contributed by atoms with Crippen LogP contribution in [0.2, 0.25) is 0 Å². The van der Waals surface area contributed by atoms with Gasteiger partial charge in [0.15, 0.2) is 0 Å². The molecule has 1 unspecified atom stereocenters. The first-order chi connectivity index (χ1) is 18.5. The second kappa shape index (κ2) is 11.4. The number of piperidine rings is 1. The number of carbonyl (C=O) groups excluding carboxylic acids is 2. The lowest BCUT2D eigenvalue weighted by atomic mass is 9.89. The van der Waals surface area contributed by atoms with Crippen LogP contribution >= 0.6 is 0 Å². The maximum Gasteiger partial charge on any atom is 0.324 e. The number of nitriles is 1. The van der Waals surface area contributed by atoms with Gasteiger partial charge >= 0.3 is 6.03 Å². The van der Waals surface area contributed by atoms with E-state index in [1.807, 2.05) is 70.0 Å². The monoisotopic (exact) mass is 531 g/mol. The van der Waals surface area contributed by atoms with E-state index in [1.165, 1.54) is 5.56 Å².